The fourth-order valence-corrected chi connectivity index (χ4v) is 3.21. The molecule has 0 aliphatic rings. The maximum Gasteiger partial charge on any atom is 0.256 e. The van der Waals surface area contributed by atoms with Crippen molar-refractivity contribution in [2.75, 3.05) is 18.9 Å². The molecule has 0 aliphatic carbocycles. The Morgan fingerprint density at radius 1 is 0.964 bits per heavy atom. The minimum absolute atomic E-state index is 0.154. The number of para-hydroxylation sites is 1. The van der Waals surface area contributed by atoms with Crippen LogP contribution in [0.25, 0.3) is 0 Å². The predicted octanol–water partition coefficient (Wildman–Crippen LogP) is 4.41. The third kappa shape index (κ3) is 4.84. The Hall–Kier alpha value is -2.99. The van der Waals surface area contributed by atoms with Gasteiger partial charge in [0.1, 0.15) is 0 Å². The van der Waals surface area contributed by atoms with Crippen LogP contribution in [-0.2, 0) is 6.42 Å². The third-order valence-corrected chi connectivity index (χ3v) is 4.99. The summed E-state index contributed by atoms with van der Waals surface area (Å²) < 4.78 is 0.698. The molecule has 1 heterocycles. The van der Waals surface area contributed by atoms with Crippen LogP contribution in [0.1, 0.15) is 26.4 Å². The van der Waals surface area contributed by atoms with Crippen molar-refractivity contribution < 1.29 is 9.59 Å². The molecule has 142 valence electrons. The van der Waals surface area contributed by atoms with Crippen LogP contribution in [-0.4, -0.2) is 35.3 Å². The van der Waals surface area contributed by atoms with E-state index in [0.717, 1.165) is 5.69 Å². The third-order valence-electron chi connectivity index (χ3n) is 4.30. The molecule has 0 atom stereocenters. The van der Waals surface area contributed by atoms with E-state index in [9.17, 15) is 9.59 Å². The predicted molar refractivity (Wildman–Crippen MR) is 113 cm³/mol. The van der Waals surface area contributed by atoms with Crippen molar-refractivity contribution >= 4 is 33.4 Å². The average Bonchev–Trinajstić information content (AvgIpc) is 2.73. The van der Waals surface area contributed by atoms with Crippen molar-refractivity contribution in [1.29, 1.82) is 0 Å². The number of rotatable bonds is 6. The SMILES string of the molecule is CN(CCc1ccccn1)C(=O)c1ccccc1NC(=O)c1ccccc1Br. The van der Waals surface area contributed by atoms with E-state index in [1.165, 1.54) is 0 Å². The summed E-state index contributed by atoms with van der Waals surface area (Å²) in [4.78, 5) is 31.5. The van der Waals surface area contributed by atoms with Crippen LogP contribution in [0, 0.1) is 0 Å². The van der Waals surface area contributed by atoms with E-state index in [0.29, 0.717) is 34.3 Å². The number of hydrogen-bond acceptors (Lipinski definition) is 3. The summed E-state index contributed by atoms with van der Waals surface area (Å²) >= 11 is 3.38. The van der Waals surface area contributed by atoms with Crippen molar-refractivity contribution in [1.82, 2.24) is 9.88 Å². The molecule has 2 amide bonds. The summed E-state index contributed by atoms with van der Waals surface area (Å²) in [5.74, 6) is -0.428. The zero-order chi connectivity index (χ0) is 19.9. The van der Waals surface area contributed by atoms with Gasteiger partial charge in [0.05, 0.1) is 16.8 Å². The Morgan fingerprint density at radius 2 is 1.64 bits per heavy atom. The van der Waals surface area contributed by atoms with E-state index in [2.05, 4.69) is 26.2 Å². The lowest BCUT2D eigenvalue weighted by Gasteiger charge is -2.19. The first-order valence-corrected chi connectivity index (χ1v) is 9.66. The fraction of sp³-hybridized carbons (Fsp3) is 0.136. The summed E-state index contributed by atoms with van der Waals surface area (Å²) in [5, 5.41) is 2.85. The highest BCUT2D eigenvalue weighted by Crippen LogP contribution is 2.21. The van der Waals surface area contributed by atoms with Crippen molar-refractivity contribution in [2.45, 2.75) is 6.42 Å². The largest absolute Gasteiger partial charge is 0.341 e. The highest BCUT2D eigenvalue weighted by atomic mass is 79.9. The fourth-order valence-electron chi connectivity index (χ4n) is 2.75. The van der Waals surface area contributed by atoms with E-state index in [1.54, 1.807) is 60.6 Å². The van der Waals surface area contributed by atoms with Crippen LogP contribution in [0.5, 0.6) is 0 Å². The molecule has 6 heteroatoms. The van der Waals surface area contributed by atoms with Crippen LogP contribution >= 0.6 is 15.9 Å². The molecule has 0 fully saturated rings. The summed E-state index contributed by atoms with van der Waals surface area (Å²) in [7, 11) is 1.75. The smallest absolute Gasteiger partial charge is 0.256 e. The average molecular weight is 438 g/mol. The standard InChI is InChI=1S/C22H20BrN3O2/c1-26(15-13-16-8-6-7-14-24-16)22(28)18-10-3-5-12-20(18)25-21(27)17-9-2-4-11-19(17)23/h2-12,14H,13,15H2,1H3,(H,25,27). The molecule has 0 spiro atoms. The van der Waals surface area contributed by atoms with Gasteiger partial charge in [0, 0.05) is 36.4 Å². The molecule has 2 aromatic carbocycles. The molecule has 0 aliphatic heterocycles. The number of carbonyl (C=O) groups is 2. The summed E-state index contributed by atoms with van der Waals surface area (Å²) in [6, 6.07) is 19.9. The maximum atomic E-state index is 12.9. The zero-order valence-electron chi connectivity index (χ0n) is 15.4. The number of likely N-dealkylation sites (N-methyl/N-ethyl adjacent to an activating group) is 1. The van der Waals surface area contributed by atoms with Gasteiger partial charge in [-0.1, -0.05) is 30.3 Å². The number of hydrogen-bond donors (Lipinski definition) is 1. The number of pyridine rings is 1. The maximum absolute atomic E-state index is 12.9. The second-order valence-corrected chi connectivity index (χ2v) is 7.13. The molecular weight excluding hydrogens is 418 g/mol. The van der Waals surface area contributed by atoms with Crippen molar-refractivity contribution in [2.24, 2.45) is 0 Å². The van der Waals surface area contributed by atoms with Crippen LogP contribution in [0.4, 0.5) is 5.69 Å². The minimum Gasteiger partial charge on any atom is -0.341 e. The van der Waals surface area contributed by atoms with E-state index in [-0.39, 0.29) is 11.8 Å². The first-order valence-electron chi connectivity index (χ1n) is 8.86. The van der Waals surface area contributed by atoms with E-state index >= 15 is 0 Å². The number of anilines is 1. The quantitative estimate of drug-likeness (QED) is 0.620. The Balaban J connectivity index is 1.73. The molecular formula is C22H20BrN3O2. The van der Waals surface area contributed by atoms with Gasteiger partial charge in [-0.15, -0.1) is 0 Å². The van der Waals surface area contributed by atoms with Gasteiger partial charge in [0.25, 0.3) is 11.8 Å². The normalized spacial score (nSPS) is 10.4. The van der Waals surface area contributed by atoms with E-state index in [1.807, 2.05) is 24.3 Å². The first kappa shape index (κ1) is 19.8. The number of benzene rings is 2. The van der Waals surface area contributed by atoms with E-state index < -0.39 is 0 Å². The number of amides is 2. The lowest BCUT2D eigenvalue weighted by atomic mass is 10.1. The summed E-state index contributed by atoms with van der Waals surface area (Å²) in [6.45, 7) is 0.530. The molecule has 0 saturated heterocycles. The van der Waals surface area contributed by atoms with Gasteiger partial charge in [-0.3, -0.25) is 14.6 Å². The second-order valence-electron chi connectivity index (χ2n) is 6.28. The summed E-state index contributed by atoms with van der Waals surface area (Å²) in [5.41, 5.74) is 2.37. The number of nitrogens with one attached hydrogen (secondary N) is 1. The number of aromatic nitrogens is 1. The molecule has 0 radical (unpaired) electrons. The Kier molecular flexibility index (Phi) is 6.55. The lowest BCUT2D eigenvalue weighted by molar-refractivity contribution is 0.0797. The van der Waals surface area contributed by atoms with Gasteiger partial charge in [-0.2, -0.15) is 0 Å². The van der Waals surface area contributed by atoms with Crippen LogP contribution < -0.4 is 5.32 Å². The number of nitrogens with zero attached hydrogens (tertiary/aromatic N) is 2. The first-order chi connectivity index (χ1) is 13.6. The highest BCUT2D eigenvalue weighted by Gasteiger charge is 2.18. The molecule has 1 aromatic heterocycles. The molecule has 1 N–H and O–H groups in total. The Morgan fingerprint density at radius 3 is 2.36 bits per heavy atom. The molecule has 3 aromatic rings. The molecule has 3 rings (SSSR count). The highest BCUT2D eigenvalue weighted by molar-refractivity contribution is 9.10. The number of halogens is 1. The zero-order valence-corrected chi connectivity index (χ0v) is 17.0. The molecule has 0 bridgehead atoms. The second kappa shape index (κ2) is 9.28. The monoisotopic (exact) mass is 437 g/mol. The number of carbonyl (C=O) groups excluding carboxylic acids is 2. The Bertz CT molecular complexity index is 976. The summed E-state index contributed by atoms with van der Waals surface area (Å²) in [6.07, 6.45) is 2.40. The minimum atomic E-state index is -0.274. The van der Waals surface area contributed by atoms with Crippen LogP contribution in [0.3, 0.4) is 0 Å². The van der Waals surface area contributed by atoms with Gasteiger partial charge >= 0.3 is 0 Å². The van der Waals surface area contributed by atoms with Gasteiger partial charge in [-0.25, -0.2) is 0 Å². The lowest BCUT2D eigenvalue weighted by Crippen LogP contribution is -2.30. The van der Waals surface area contributed by atoms with Gasteiger partial charge in [-0.05, 0) is 52.3 Å². The van der Waals surface area contributed by atoms with Crippen molar-refractivity contribution in [3.8, 4) is 0 Å². The van der Waals surface area contributed by atoms with Gasteiger partial charge < -0.3 is 10.2 Å². The van der Waals surface area contributed by atoms with Crippen molar-refractivity contribution in [3.05, 3.63) is 94.2 Å². The van der Waals surface area contributed by atoms with Crippen LogP contribution in [0.2, 0.25) is 0 Å². The van der Waals surface area contributed by atoms with E-state index in [4.69, 9.17) is 0 Å². The van der Waals surface area contributed by atoms with Gasteiger partial charge in [0.2, 0.25) is 0 Å². The Labute approximate surface area is 172 Å². The molecule has 5 nitrogen and oxygen atoms in total. The van der Waals surface area contributed by atoms with Gasteiger partial charge in [0.15, 0.2) is 0 Å². The molecule has 28 heavy (non-hydrogen) atoms. The topological polar surface area (TPSA) is 62.3 Å². The van der Waals surface area contributed by atoms with Crippen LogP contribution in [0.15, 0.2) is 77.4 Å². The van der Waals surface area contributed by atoms with Crippen molar-refractivity contribution in [3.63, 3.8) is 0 Å². The molecule has 0 unspecified atom stereocenters. The molecule has 0 saturated carbocycles.